The average Bonchev–Trinajstić information content (AvgIpc) is 3.22. The number of nitrogens with zero attached hydrogens (tertiary/aromatic N) is 6. The van der Waals surface area contributed by atoms with Gasteiger partial charge in [-0.2, -0.15) is 0 Å². The monoisotopic (exact) mass is 404 g/mol. The molecular formula is C21H20N6OS. The molecule has 29 heavy (non-hydrogen) atoms. The molecule has 0 saturated carbocycles. The number of benzene rings is 1. The van der Waals surface area contributed by atoms with Crippen LogP contribution < -0.4 is 4.90 Å². The van der Waals surface area contributed by atoms with Crippen molar-refractivity contribution in [3.05, 3.63) is 53.4 Å². The number of piperazine rings is 1. The first-order valence-electron chi connectivity index (χ1n) is 9.72. The van der Waals surface area contributed by atoms with Crippen LogP contribution in [0.3, 0.4) is 0 Å². The standard InChI is InChI=1S/C21H20N6OS/c1-2-14-11-15-19(23-13-24-20(15)29-14)26-7-9-27(10-8-26)21(28)18-12-22-16-5-3-4-6-17(16)25-18/h3-6,11-13H,2,7-10H2,1H3. The van der Waals surface area contributed by atoms with Crippen molar-refractivity contribution >= 4 is 44.3 Å². The predicted molar refractivity (Wildman–Crippen MR) is 114 cm³/mol. The maximum atomic E-state index is 12.9. The number of thiophene rings is 1. The highest BCUT2D eigenvalue weighted by atomic mass is 32.1. The topological polar surface area (TPSA) is 75.1 Å². The summed E-state index contributed by atoms with van der Waals surface area (Å²) < 4.78 is 0. The van der Waals surface area contributed by atoms with Gasteiger partial charge in [-0.05, 0) is 24.6 Å². The molecule has 8 heteroatoms. The van der Waals surface area contributed by atoms with E-state index in [0.717, 1.165) is 46.6 Å². The maximum absolute atomic E-state index is 12.9. The Morgan fingerprint density at radius 2 is 1.86 bits per heavy atom. The van der Waals surface area contributed by atoms with Crippen molar-refractivity contribution in [2.75, 3.05) is 31.1 Å². The lowest BCUT2D eigenvalue weighted by atomic mass is 10.2. The van der Waals surface area contributed by atoms with Crippen molar-refractivity contribution in [1.29, 1.82) is 0 Å². The Morgan fingerprint density at radius 1 is 1.07 bits per heavy atom. The van der Waals surface area contributed by atoms with Crippen molar-refractivity contribution in [2.45, 2.75) is 13.3 Å². The molecule has 0 radical (unpaired) electrons. The van der Waals surface area contributed by atoms with Gasteiger partial charge in [-0.3, -0.25) is 9.78 Å². The second-order valence-electron chi connectivity index (χ2n) is 7.01. The summed E-state index contributed by atoms with van der Waals surface area (Å²) in [5, 5.41) is 1.11. The zero-order valence-electron chi connectivity index (χ0n) is 16.1. The lowest BCUT2D eigenvalue weighted by Crippen LogP contribution is -2.49. The number of para-hydroxylation sites is 2. The molecular weight excluding hydrogens is 384 g/mol. The average molecular weight is 404 g/mol. The number of amides is 1. The SMILES string of the molecule is CCc1cc2c(N3CCN(C(=O)c4cnc5ccccc5n4)CC3)ncnc2s1. The lowest BCUT2D eigenvalue weighted by Gasteiger charge is -2.35. The highest BCUT2D eigenvalue weighted by Crippen LogP contribution is 2.31. The van der Waals surface area contributed by atoms with E-state index in [1.807, 2.05) is 29.2 Å². The van der Waals surface area contributed by atoms with Crippen LogP contribution in [0.5, 0.6) is 0 Å². The normalized spacial score (nSPS) is 14.7. The van der Waals surface area contributed by atoms with E-state index in [9.17, 15) is 4.79 Å². The Balaban J connectivity index is 1.33. The molecule has 0 atom stereocenters. The summed E-state index contributed by atoms with van der Waals surface area (Å²) in [5.41, 5.74) is 1.93. The van der Waals surface area contributed by atoms with Gasteiger partial charge in [0.1, 0.15) is 22.7 Å². The summed E-state index contributed by atoms with van der Waals surface area (Å²) in [5.74, 6) is 0.892. The van der Waals surface area contributed by atoms with Crippen molar-refractivity contribution in [3.8, 4) is 0 Å². The second-order valence-corrected chi connectivity index (χ2v) is 8.12. The third-order valence-corrected chi connectivity index (χ3v) is 6.43. The molecule has 1 fully saturated rings. The highest BCUT2D eigenvalue weighted by Gasteiger charge is 2.25. The number of rotatable bonds is 3. The van der Waals surface area contributed by atoms with Gasteiger partial charge in [-0.15, -0.1) is 11.3 Å². The molecule has 1 aliphatic heterocycles. The molecule has 4 heterocycles. The summed E-state index contributed by atoms with van der Waals surface area (Å²) in [4.78, 5) is 37.2. The van der Waals surface area contributed by atoms with E-state index >= 15 is 0 Å². The van der Waals surface area contributed by atoms with E-state index in [1.165, 1.54) is 4.88 Å². The number of hydrogen-bond donors (Lipinski definition) is 0. The van der Waals surface area contributed by atoms with Gasteiger partial charge in [0.2, 0.25) is 0 Å². The third-order valence-electron chi connectivity index (χ3n) is 5.24. The Morgan fingerprint density at radius 3 is 2.66 bits per heavy atom. The van der Waals surface area contributed by atoms with E-state index < -0.39 is 0 Å². The Hall–Kier alpha value is -3.13. The number of carbonyl (C=O) groups excluding carboxylic acids is 1. The molecule has 1 saturated heterocycles. The summed E-state index contributed by atoms with van der Waals surface area (Å²) >= 11 is 1.72. The lowest BCUT2D eigenvalue weighted by molar-refractivity contribution is 0.0740. The number of carbonyl (C=O) groups is 1. The molecule has 3 aromatic heterocycles. The fourth-order valence-electron chi connectivity index (χ4n) is 3.66. The van der Waals surface area contributed by atoms with Crippen molar-refractivity contribution in [1.82, 2.24) is 24.8 Å². The number of aromatic nitrogens is 4. The molecule has 1 aromatic carbocycles. The van der Waals surface area contributed by atoms with E-state index in [1.54, 1.807) is 23.9 Å². The molecule has 0 bridgehead atoms. The first-order valence-corrected chi connectivity index (χ1v) is 10.5. The maximum Gasteiger partial charge on any atom is 0.274 e. The molecule has 0 spiro atoms. The van der Waals surface area contributed by atoms with Crippen LogP contribution in [0.4, 0.5) is 5.82 Å². The number of aryl methyl sites for hydroxylation is 1. The smallest absolute Gasteiger partial charge is 0.274 e. The molecule has 1 amide bonds. The van der Waals surface area contributed by atoms with Gasteiger partial charge in [0.25, 0.3) is 5.91 Å². The van der Waals surface area contributed by atoms with Gasteiger partial charge < -0.3 is 9.80 Å². The van der Waals surface area contributed by atoms with E-state index in [-0.39, 0.29) is 5.91 Å². The minimum atomic E-state index is -0.0699. The van der Waals surface area contributed by atoms with Crippen LogP contribution in [0.25, 0.3) is 21.3 Å². The fourth-order valence-corrected chi connectivity index (χ4v) is 4.59. The van der Waals surface area contributed by atoms with Crippen LogP contribution in [0.15, 0.2) is 42.9 Å². The van der Waals surface area contributed by atoms with Crippen LogP contribution >= 0.6 is 11.3 Å². The number of anilines is 1. The molecule has 4 aromatic rings. The van der Waals surface area contributed by atoms with Gasteiger partial charge in [0.15, 0.2) is 0 Å². The predicted octanol–water partition coefficient (Wildman–Crippen LogP) is 3.16. The largest absolute Gasteiger partial charge is 0.352 e. The Bertz CT molecular complexity index is 1200. The van der Waals surface area contributed by atoms with Gasteiger partial charge in [-0.1, -0.05) is 19.1 Å². The summed E-state index contributed by atoms with van der Waals surface area (Å²) in [7, 11) is 0. The zero-order chi connectivity index (χ0) is 19.8. The van der Waals surface area contributed by atoms with Gasteiger partial charge in [-0.25, -0.2) is 15.0 Å². The number of hydrogen-bond acceptors (Lipinski definition) is 7. The molecule has 0 unspecified atom stereocenters. The zero-order valence-corrected chi connectivity index (χ0v) is 16.9. The summed E-state index contributed by atoms with van der Waals surface area (Å²) in [6.45, 7) is 4.87. The third kappa shape index (κ3) is 3.29. The van der Waals surface area contributed by atoms with Crippen LogP contribution in [0, 0.1) is 0 Å². The fraction of sp³-hybridized carbons (Fsp3) is 0.286. The molecule has 0 aliphatic carbocycles. The molecule has 7 nitrogen and oxygen atoms in total. The van der Waals surface area contributed by atoms with Gasteiger partial charge in [0.05, 0.1) is 22.6 Å². The molecule has 5 rings (SSSR count). The summed E-state index contributed by atoms with van der Waals surface area (Å²) in [6.07, 6.45) is 4.20. The van der Waals surface area contributed by atoms with Crippen molar-refractivity contribution < 1.29 is 4.79 Å². The van der Waals surface area contributed by atoms with Crippen molar-refractivity contribution in [2.24, 2.45) is 0 Å². The van der Waals surface area contributed by atoms with E-state index in [2.05, 4.69) is 37.8 Å². The van der Waals surface area contributed by atoms with Gasteiger partial charge >= 0.3 is 0 Å². The quantitative estimate of drug-likeness (QED) is 0.522. The first kappa shape index (κ1) is 17.9. The van der Waals surface area contributed by atoms with Crippen molar-refractivity contribution in [3.63, 3.8) is 0 Å². The molecule has 0 N–H and O–H groups in total. The molecule has 1 aliphatic rings. The molecule has 146 valence electrons. The minimum absolute atomic E-state index is 0.0699. The highest BCUT2D eigenvalue weighted by molar-refractivity contribution is 7.18. The van der Waals surface area contributed by atoms with Crippen LogP contribution in [0.1, 0.15) is 22.3 Å². The first-order chi connectivity index (χ1) is 14.2. The second kappa shape index (κ2) is 7.36. The number of fused-ring (bicyclic) bond motifs is 2. The minimum Gasteiger partial charge on any atom is -0.352 e. The van der Waals surface area contributed by atoms with Crippen LogP contribution in [0.2, 0.25) is 0 Å². The van der Waals surface area contributed by atoms with E-state index in [4.69, 9.17) is 0 Å². The summed E-state index contributed by atoms with van der Waals surface area (Å²) in [6, 6.07) is 9.78. The van der Waals surface area contributed by atoms with Gasteiger partial charge in [0, 0.05) is 31.1 Å². The van der Waals surface area contributed by atoms with Crippen LogP contribution in [-0.2, 0) is 6.42 Å². The van der Waals surface area contributed by atoms with Crippen LogP contribution in [-0.4, -0.2) is 56.9 Å². The Labute approximate surface area is 172 Å². The van der Waals surface area contributed by atoms with E-state index in [0.29, 0.717) is 18.8 Å². The Kier molecular flexibility index (Phi) is 4.55.